The summed E-state index contributed by atoms with van der Waals surface area (Å²) in [6.07, 6.45) is 6.20. The van der Waals surface area contributed by atoms with Gasteiger partial charge in [0.05, 0.1) is 6.34 Å². The molecule has 0 saturated carbocycles. The molecule has 0 radical (unpaired) electrons. The average Bonchev–Trinajstić information content (AvgIpc) is 2.17. The van der Waals surface area contributed by atoms with Gasteiger partial charge in [-0.2, -0.15) is 0 Å². The number of allylic oxidation sites excluding steroid dienone is 1. The average molecular weight is 225 g/mol. The molecule has 0 spiro atoms. The molecule has 0 rings (SSSR count). The Morgan fingerprint density at radius 1 is 1.12 bits per heavy atom. The van der Waals surface area contributed by atoms with Crippen LogP contribution in [0.25, 0.3) is 0 Å². The van der Waals surface area contributed by atoms with Crippen LogP contribution in [0.1, 0.15) is 33.6 Å². The predicted octanol–water partition coefficient (Wildman–Crippen LogP) is 2.60. The lowest BCUT2D eigenvalue weighted by molar-refractivity contribution is 0.316. The van der Waals surface area contributed by atoms with Crippen molar-refractivity contribution >= 4 is 6.34 Å². The van der Waals surface area contributed by atoms with E-state index in [4.69, 9.17) is 0 Å². The number of nitrogens with zero attached hydrogens (tertiary/aromatic N) is 3. The van der Waals surface area contributed by atoms with E-state index in [9.17, 15) is 0 Å². The van der Waals surface area contributed by atoms with Crippen LogP contribution in [0.3, 0.4) is 0 Å². The van der Waals surface area contributed by atoms with Crippen LogP contribution in [-0.2, 0) is 0 Å². The SMILES string of the molecule is CCCN(C)CCCN(C)/C=N\C=C(C)C. The summed E-state index contributed by atoms with van der Waals surface area (Å²) in [5.74, 6) is 0. The highest BCUT2D eigenvalue weighted by Gasteiger charge is 1.97. The maximum Gasteiger partial charge on any atom is 0.0902 e. The Kier molecular flexibility index (Phi) is 8.91. The molecule has 0 amide bonds. The van der Waals surface area contributed by atoms with Crippen LogP contribution in [0.5, 0.6) is 0 Å². The summed E-state index contributed by atoms with van der Waals surface area (Å²) in [4.78, 5) is 8.74. The molecule has 0 aliphatic rings. The highest BCUT2D eigenvalue weighted by atomic mass is 15.1. The van der Waals surface area contributed by atoms with Crippen LogP contribution in [0, 0.1) is 0 Å². The van der Waals surface area contributed by atoms with Gasteiger partial charge in [0.2, 0.25) is 0 Å². The molecule has 0 saturated heterocycles. The zero-order valence-corrected chi connectivity index (χ0v) is 11.5. The Morgan fingerprint density at radius 3 is 2.38 bits per heavy atom. The zero-order valence-electron chi connectivity index (χ0n) is 11.5. The Labute approximate surface area is 101 Å². The third-order valence-corrected chi connectivity index (χ3v) is 2.25. The summed E-state index contributed by atoms with van der Waals surface area (Å²) in [5, 5.41) is 0. The topological polar surface area (TPSA) is 18.8 Å². The van der Waals surface area contributed by atoms with Crippen molar-refractivity contribution in [2.24, 2.45) is 4.99 Å². The van der Waals surface area contributed by atoms with E-state index < -0.39 is 0 Å². The summed E-state index contributed by atoms with van der Waals surface area (Å²) < 4.78 is 0. The second-order valence-corrected chi connectivity index (χ2v) is 4.61. The third kappa shape index (κ3) is 9.71. The Hall–Kier alpha value is -0.830. The first-order chi connectivity index (χ1) is 7.56. The van der Waals surface area contributed by atoms with Gasteiger partial charge >= 0.3 is 0 Å². The second-order valence-electron chi connectivity index (χ2n) is 4.61. The van der Waals surface area contributed by atoms with Gasteiger partial charge in [0.1, 0.15) is 0 Å². The smallest absolute Gasteiger partial charge is 0.0902 e. The fourth-order valence-electron chi connectivity index (χ4n) is 1.44. The van der Waals surface area contributed by atoms with Crippen molar-refractivity contribution in [1.29, 1.82) is 0 Å². The maximum absolute atomic E-state index is 4.23. The molecule has 0 unspecified atom stereocenters. The normalized spacial score (nSPS) is 11.1. The molecule has 0 atom stereocenters. The van der Waals surface area contributed by atoms with Gasteiger partial charge in [-0.25, -0.2) is 4.99 Å². The van der Waals surface area contributed by atoms with Crippen molar-refractivity contribution < 1.29 is 0 Å². The molecule has 94 valence electrons. The van der Waals surface area contributed by atoms with E-state index >= 15 is 0 Å². The molecule has 0 aromatic heterocycles. The van der Waals surface area contributed by atoms with Crippen molar-refractivity contribution in [1.82, 2.24) is 9.80 Å². The molecular weight excluding hydrogens is 198 g/mol. The van der Waals surface area contributed by atoms with Gasteiger partial charge in [-0.05, 0) is 46.8 Å². The largest absolute Gasteiger partial charge is 0.366 e. The van der Waals surface area contributed by atoms with Gasteiger partial charge in [0, 0.05) is 19.8 Å². The van der Waals surface area contributed by atoms with E-state index in [-0.39, 0.29) is 0 Å². The molecule has 0 heterocycles. The molecule has 0 aromatic carbocycles. The molecule has 3 nitrogen and oxygen atoms in total. The lowest BCUT2D eigenvalue weighted by Crippen LogP contribution is -2.25. The van der Waals surface area contributed by atoms with E-state index in [2.05, 4.69) is 49.7 Å². The van der Waals surface area contributed by atoms with Crippen LogP contribution >= 0.6 is 0 Å². The molecule has 0 bridgehead atoms. The molecular formula is C13H27N3. The summed E-state index contributed by atoms with van der Waals surface area (Å²) in [6, 6.07) is 0. The molecule has 0 N–H and O–H groups in total. The van der Waals surface area contributed by atoms with E-state index in [1.54, 1.807) is 0 Å². The number of hydrogen-bond donors (Lipinski definition) is 0. The molecule has 0 aromatic rings. The lowest BCUT2D eigenvalue weighted by Gasteiger charge is -2.17. The van der Waals surface area contributed by atoms with Gasteiger partial charge in [-0.15, -0.1) is 0 Å². The van der Waals surface area contributed by atoms with Gasteiger partial charge in [0.25, 0.3) is 0 Å². The number of aliphatic imine (C=N–C) groups is 1. The van der Waals surface area contributed by atoms with Gasteiger partial charge in [-0.3, -0.25) is 0 Å². The molecule has 16 heavy (non-hydrogen) atoms. The molecule has 0 fully saturated rings. The monoisotopic (exact) mass is 225 g/mol. The summed E-state index contributed by atoms with van der Waals surface area (Å²) >= 11 is 0. The maximum atomic E-state index is 4.23. The van der Waals surface area contributed by atoms with Crippen LogP contribution < -0.4 is 0 Å². The van der Waals surface area contributed by atoms with Gasteiger partial charge in [0.15, 0.2) is 0 Å². The minimum absolute atomic E-state index is 1.06. The van der Waals surface area contributed by atoms with Crippen LogP contribution in [0.4, 0.5) is 0 Å². The molecule has 0 aliphatic carbocycles. The van der Waals surface area contributed by atoms with Crippen LogP contribution in [-0.4, -0.2) is 49.9 Å². The summed E-state index contributed by atoms with van der Waals surface area (Å²) in [6.45, 7) is 9.74. The lowest BCUT2D eigenvalue weighted by atomic mass is 10.3. The highest BCUT2D eigenvalue weighted by molar-refractivity contribution is 5.55. The Bertz CT molecular complexity index is 217. The fraction of sp³-hybridized carbons (Fsp3) is 0.769. The fourth-order valence-corrected chi connectivity index (χ4v) is 1.44. The predicted molar refractivity (Wildman–Crippen MR) is 73.0 cm³/mol. The summed E-state index contributed by atoms with van der Waals surface area (Å²) in [5.41, 5.74) is 1.23. The van der Waals surface area contributed by atoms with Crippen molar-refractivity contribution in [3.05, 3.63) is 11.8 Å². The quantitative estimate of drug-likeness (QED) is 0.467. The number of hydrogen-bond acceptors (Lipinski definition) is 2. The van der Waals surface area contributed by atoms with E-state index in [1.165, 1.54) is 25.0 Å². The first-order valence-corrected chi connectivity index (χ1v) is 6.11. The first-order valence-electron chi connectivity index (χ1n) is 6.11. The molecule has 0 aliphatic heterocycles. The van der Waals surface area contributed by atoms with Crippen LogP contribution in [0.15, 0.2) is 16.8 Å². The minimum atomic E-state index is 1.06. The van der Waals surface area contributed by atoms with E-state index in [0.29, 0.717) is 0 Å². The van der Waals surface area contributed by atoms with Crippen molar-refractivity contribution in [2.75, 3.05) is 33.7 Å². The zero-order chi connectivity index (χ0) is 12.4. The van der Waals surface area contributed by atoms with Gasteiger partial charge in [-0.1, -0.05) is 12.5 Å². The third-order valence-electron chi connectivity index (χ3n) is 2.25. The van der Waals surface area contributed by atoms with E-state index in [1.807, 2.05) is 12.5 Å². The van der Waals surface area contributed by atoms with Crippen molar-refractivity contribution in [3.63, 3.8) is 0 Å². The van der Waals surface area contributed by atoms with Crippen LogP contribution in [0.2, 0.25) is 0 Å². The standard InChI is InChI=1S/C13H27N3/c1-6-8-15(4)9-7-10-16(5)12-14-11-13(2)3/h11-12H,6-10H2,1-5H3/b14-12-. The first kappa shape index (κ1) is 15.2. The minimum Gasteiger partial charge on any atom is -0.366 e. The van der Waals surface area contributed by atoms with E-state index in [0.717, 1.165) is 13.1 Å². The second kappa shape index (κ2) is 9.40. The van der Waals surface area contributed by atoms with Gasteiger partial charge < -0.3 is 9.80 Å². The van der Waals surface area contributed by atoms with Crippen molar-refractivity contribution in [3.8, 4) is 0 Å². The van der Waals surface area contributed by atoms with Crippen molar-refractivity contribution in [2.45, 2.75) is 33.6 Å². The highest BCUT2D eigenvalue weighted by Crippen LogP contribution is 1.92. The summed E-state index contributed by atoms with van der Waals surface area (Å²) in [7, 11) is 4.25. The Balaban J connectivity index is 3.61. The molecule has 3 heteroatoms. The Morgan fingerprint density at radius 2 is 1.81 bits per heavy atom. The number of rotatable bonds is 8.